The van der Waals surface area contributed by atoms with Crippen LogP contribution in [-0.2, 0) is 0 Å². The minimum atomic E-state index is 0.887. The van der Waals surface area contributed by atoms with Crippen LogP contribution in [0.2, 0.25) is 0 Å². The van der Waals surface area contributed by atoms with Crippen molar-refractivity contribution in [3.8, 4) is 67.1 Å². The lowest BCUT2D eigenvalue weighted by Crippen LogP contribution is -2.12. The van der Waals surface area contributed by atoms with Gasteiger partial charge < -0.3 is 9.64 Å². The van der Waals surface area contributed by atoms with Gasteiger partial charge in [-0.25, -0.2) is 0 Å². The maximum Gasteiger partial charge on any atom is 0.135 e. The third-order valence-corrected chi connectivity index (χ3v) is 10.5. The number of nitrogens with zero attached hydrogens (tertiary/aromatic N) is 1. The average Bonchev–Trinajstić information content (AvgIpc) is 3.25. The highest BCUT2D eigenvalue weighted by molar-refractivity contribution is 6.11. The molecule has 2 nitrogen and oxygen atoms in total. The maximum absolute atomic E-state index is 6.50. The Morgan fingerprint density at radius 1 is 0.278 bits per heavy atom. The summed E-state index contributed by atoms with van der Waals surface area (Å²) >= 11 is 0. The summed E-state index contributed by atoms with van der Waals surface area (Å²) in [5.41, 5.74) is 15.0. The zero-order valence-corrected chi connectivity index (χ0v) is 29.6. The van der Waals surface area contributed by atoms with E-state index in [4.69, 9.17) is 4.74 Å². The van der Waals surface area contributed by atoms with E-state index in [-0.39, 0.29) is 0 Å². The van der Waals surface area contributed by atoms with E-state index < -0.39 is 0 Å². The first-order chi connectivity index (χ1) is 26.8. The van der Waals surface area contributed by atoms with E-state index in [1.807, 2.05) is 12.1 Å². The Bertz CT molecular complexity index is 2770. The molecule has 54 heavy (non-hydrogen) atoms. The Morgan fingerprint density at radius 3 is 1.46 bits per heavy atom. The topological polar surface area (TPSA) is 12.5 Å². The van der Waals surface area contributed by atoms with E-state index in [0.29, 0.717) is 0 Å². The second-order valence-electron chi connectivity index (χ2n) is 13.7. The minimum Gasteiger partial charge on any atom is -0.456 e. The van der Waals surface area contributed by atoms with Crippen molar-refractivity contribution in [2.75, 3.05) is 4.90 Å². The Morgan fingerprint density at radius 2 is 0.778 bits per heavy atom. The van der Waals surface area contributed by atoms with Gasteiger partial charge in [0.05, 0.1) is 11.4 Å². The molecule has 1 heterocycles. The van der Waals surface area contributed by atoms with Crippen molar-refractivity contribution in [1.82, 2.24) is 0 Å². The summed E-state index contributed by atoms with van der Waals surface area (Å²) in [6.45, 7) is 0. The molecule has 0 N–H and O–H groups in total. The Kier molecular flexibility index (Phi) is 7.85. The predicted molar refractivity (Wildman–Crippen MR) is 226 cm³/mol. The standard InChI is InChI=1S/C52H35NO/c1-3-14-36(15-4-1)38-26-28-40(29-27-38)42-18-7-10-23-48(42)53(41-32-30-39(31-33-41)37-16-5-2-6-17-37)49-24-11-8-19-44(49)43-34-35-51-52-46(43)21-13-22-47(52)45-20-9-12-25-50(45)54-51/h1-35H. The fraction of sp³-hybridized carbons (Fsp3) is 0. The molecule has 0 saturated heterocycles. The van der Waals surface area contributed by atoms with Crippen LogP contribution < -0.4 is 9.64 Å². The number of fused-ring (bicyclic) bond motifs is 2. The highest BCUT2D eigenvalue weighted by atomic mass is 16.5. The molecule has 2 heteroatoms. The quantitative estimate of drug-likeness (QED) is 0.165. The van der Waals surface area contributed by atoms with E-state index in [9.17, 15) is 0 Å². The molecule has 9 aromatic carbocycles. The van der Waals surface area contributed by atoms with Crippen molar-refractivity contribution in [3.05, 3.63) is 212 Å². The molecule has 0 fully saturated rings. The van der Waals surface area contributed by atoms with Crippen molar-refractivity contribution in [2.45, 2.75) is 0 Å². The van der Waals surface area contributed by atoms with Gasteiger partial charge in [-0.15, -0.1) is 0 Å². The van der Waals surface area contributed by atoms with Crippen molar-refractivity contribution in [2.24, 2.45) is 0 Å². The van der Waals surface area contributed by atoms with Gasteiger partial charge >= 0.3 is 0 Å². The second kappa shape index (κ2) is 13.4. The molecule has 0 atom stereocenters. The molecule has 0 bridgehead atoms. The van der Waals surface area contributed by atoms with E-state index in [2.05, 4.69) is 205 Å². The summed E-state index contributed by atoms with van der Waals surface area (Å²) < 4.78 is 6.50. The van der Waals surface area contributed by atoms with Gasteiger partial charge in [-0.05, 0) is 86.8 Å². The third-order valence-electron chi connectivity index (χ3n) is 10.5. The fourth-order valence-electron chi connectivity index (χ4n) is 7.94. The number of hydrogen-bond acceptors (Lipinski definition) is 2. The highest BCUT2D eigenvalue weighted by Gasteiger charge is 2.24. The molecule has 10 rings (SSSR count). The van der Waals surface area contributed by atoms with Crippen molar-refractivity contribution < 1.29 is 4.74 Å². The van der Waals surface area contributed by atoms with E-state index >= 15 is 0 Å². The van der Waals surface area contributed by atoms with Gasteiger partial charge in [-0.3, -0.25) is 0 Å². The number of para-hydroxylation sites is 3. The van der Waals surface area contributed by atoms with Crippen LogP contribution in [0.4, 0.5) is 17.1 Å². The molecular weight excluding hydrogens is 655 g/mol. The van der Waals surface area contributed by atoms with E-state index in [1.165, 1.54) is 27.8 Å². The SMILES string of the molecule is c1ccc(-c2ccc(-c3ccccc3N(c3ccc(-c4ccccc4)cc3)c3ccccc3-c3ccc4c5c(cccc35)-c3ccccc3O4)cc2)cc1. The van der Waals surface area contributed by atoms with Crippen LogP contribution in [-0.4, -0.2) is 0 Å². The Labute approximate surface area is 315 Å². The molecule has 0 unspecified atom stereocenters. The molecular formula is C52H35NO. The van der Waals surface area contributed by atoms with Gasteiger partial charge in [0, 0.05) is 27.8 Å². The van der Waals surface area contributed by atoms with Crippen LogP contribution >= 0.6 is 0 Å². The number of rotatable bonds is 7. The largest absolute Gasteiger partial charge is 0.456 e. The monoisotopic (exact) mass is 689 g/mol. The molecule has 0 aromatic heterocycles. The fourth-order valence-corrected chi connectivity index (χ4v) is 7.94. The smallest absolute Gasteiger partial charge is 0.135 e. The molecule has 254 valence electrons. The van der Waals surface area contributed by atoms with Crippen molar-refractivity contribution >= 4 is 27.8 Å². The highest BCUT2D eigenvalue weighted by Crippen LogP contribution is 2.51. The van der Waals surface area contributed by atoms with Crippen LogP contribution in [0, 0.1) is 0 Å². The molecule has 9 aromatic rings. The lowest BCUT2D eigenvalue weighted by atomic mass is 9.89. The molecule has 0 aliphatic carbocycles. The number of ether oxygens (including phenoxy) is 1. The lowest BCUT2D eigenvalue weighted by Gasteiger charge is -2.30. The van der Waals surface area contributed by atoms with Crippen LogP contribution in [0.15, 0.2) is 212 Å². The van der Waals surface area contributed by atoms with Crippen molar-refractivity contribution in [1.29, 1.82) is 0 Å². The summed E-state index contributed by atoms with van der Waals surface area (Å²) in [6.07, 6.45) is 0. The third kappa shape index (κ3) is 5.53. The lowest BCUT2D eigenvalue weighted by molar-refractivity contribution is 0.487. The molecule has 0 amide bonds. The zero-order chi connectivity index (χ0) is 35.8. The van der Waals surface area contributed by atoms with Gasteiger partial charge in [0.1, 0.15) is 11.5 Å². The van der Waals surface area contributed by atoms with Gasteiger partial charge in [0.25, 0.3) is 0 Å². The van der Waals surface area contributed by atoms with Gasteiger partial charge in [0.15, 0.2) is 0 Å². The van der Waals surface area contributed by atoms with Crippen molar-refractivity contribution in [3.63, 3.8) is 0 Å². The van der Waals surface area contributed by atoms with Crippen LogP contribution in [0.1, 0.15) is 0 Å². The first-order valence-corrected chi connectivity index (χ1v) is 18.4. The summed E-state index contributed by atoms with van der Waals surface area (Å²) in [4.78, 5) is 2.42. The summed E-state index contributed by atoms with van der Waals surface area (Å²) in [5, 5.41) is 2.30. The number of hydrogen-bond donors (Lipinski definition) is 0. The zero-order valence-electron chi connectivity index (χ0n) is 29.6. The molecule has 1 aliphatic heterocycles. The number of anilines is 3. The van der Waals surface area contributed by atoms with Crippen LogP contribution in [0.5, 0.6) is 11.5 Å². The first-order valence-electron chi connectivity index (χ1n) is 18.4. The Balaban J connectivity index is 1.16. The minimum absolute atomic E-state index is 0.887. The van der Waals surface area contributed by atoms with Crippen LogP contribution in [0.25, 0.3) is 66.4 Å². The molecule has 0 radical (unpaired) electrons. The molecule has 1 aliphatic rings. The Hall–Kier alpha value is -7.16. The predicted octanol–water partition coefficient (Wildman–Crippen LogP) is 14.8. The van der Waals surface area contributed by atoms with Gasteiger partial charge in [0.2, 0.25) is 0 Å². The van der Waals surface area contributed by atoms with E-state index in [0.717, 1.165) is 67.2 Å². The van der Waals surface area contributed by atoms with Gasteiger partial charge in [-0.1, -0.05) is 170 Å². The summed E-state index contributed by atoms with van der Waals surface area (Å²) in [6, 6.07) is 75.8. The summed E-state index contributed by atoms with van der Waals surface area (Å²) in [5.74, 6) is 1.78. The van der Waals surface area contributed by atoms with Crippen LogP contribution in [0.3, 0.4) is 0 Å². The number of benzene rings is 9. The average molecular weight is 690 g/mol. The van der Waals surface area contributed by atoms with Gasteiger partial charge in [-0.2, -0.15) is 0 Å². The first kappa shape index (κ1) is 31.6. The maximum atomic E-state index is 6.50. The molecule has 0 spiro atoms. The normalized spacial score (nSPS) is 11.5. The van der Waals surface area contributed by atoms with E-state index in [1.54, 1.807) is 0 Å². The summed E-state index contributed by atoms with van der Waals surface area (Å²) in [7, 11) is 0. The molecule has 0 saturated carbocycles. The second-order valence-corrected chi connectivity index (χ2v) is 13.7.